The normalized spacial score (nSPS) is 10.7. The molecular weight excluding hydrogens is 316 g/mol. The Labute approximate surface area is 148 Å². The molecule has 0 atom stereocenters. The Bertz CT molecular complexity index is 726. The van der Waals surface area contributed by atoms with E-state index < -0.39 is 5.97 Å². The maximum atomic E-state index is 12.4. The second-order valence-corrected chi connectivity index (χ2v) is 6.08. The molecule has 25 heavy (non-hydrogen) atoms. The van der Waals surface area contributed by atoms with Gasteiger partial charge in [0.2, 0.25) is 5.91 Å². The van der Waals surface area contributed by atoms with Crippen LogP contribution in [0.5, 0.6) is 0 Å². The summed E-state index contributed by atoms with van der Waals surface area (Å²) in [6.45, 7) is 5.73. The highest BCUT2D eigenvalue weighted by molar-refractivity contribution is 5.93. The molecule has 2 aromatic rings. The molecule has 0 fully saturated rings. The maximum Gasteiger partial charge on any atom is 0.335 e. The van der Waals surface area contributed by atoms with Crippen molar-refractivity contribution in [2.45, 2.75) is 26.8 Å². The molecule has 0 aromatic heterocycles. The summed E-state index contributed by atoms with van der Waals surface area (Å²) >= 11 is 0. The molecule has 0 saturated heterocycles. The zero-order valence-corrected chi connectivity index (χ0v) is 14.7. The Balaban J connectivity index is 1.98. The average molecular weight is 340 g/mol. The predicted octanol–water partition coefficient (Wildman–Crippen LogP) is 3.54. The van der Waals surface area contributed by atoms with E-state index in [4.69, 9.17) is 5.11 Å². The Morgan fingerprint density at radius 2 is 1.76 bits per heavy atom. The third-order valence-electron chi connectivity index (χ3n) is 3.93. The van der Waals surface area contributed by atoms with Crippen molar-refractivity contribution < 1.29 is 14.7 Å². The number of aromatic carboxylic acids is 1. The number of rotatable bonds is 8. The first-order valence-corrected chi connectivity index (χ1v) is 8.39. The van der Waals surface area contributed by atoms with E-state index >= 15 is 0 Å². The standard InChI is InChI=1S/C20H24N2O3/c1-3-12-22(13-16-8-10-17(11-9-16)20(24)25)14-19(23)21-18-7-5-4-6-15(18)2/h4-11H,3,12-14H2,1-2H3,(H,21,23)(H,24,25). The van der Waals surface area contributed by atoms with Crippen molar-refractivity contribution in [3.63, 3.8) is 0 Å². The van der Waals surface area contributed by atoms with Gasteiger partial charge in [0.05, 0.1) is 12.1 Å². The highest BCUT2D eigenvalue weighted by atomic mass is 16.4. The molecular formula is C20H24N2O3. The number of carboxylic acids is 1. The fourth-order valence-corrected chi connectivity index (χ4v) is 2.65. The van der Waals surface area contributed by atoms with Crippen LogP contribution in [0.15, 0.2) is 48.5 Å². The van der Waals surface area contributed by atoms with Crippen molar-refractivity contribution in [2.75, 3.05) is 18.4 Å². The summed E-state index contributed by atoms with van der Waals surface area (Å²) in [6.07, 6.45) is 0.935. The van der Waals surface area contributed by atoms with E-state index in [-0.39, 0.29) is 11.5 Å². The summed E-state index contributed by atoms with van der Waals surface area (Å²) in [5, 5.41) is 11.9. The highest BCUT2D eigenvalue weighted by Gasteiger charge is 2.12. The Morgan fingerprint density at radius 1 is 1.08 bits per heavy atom. The average Bonchev–Trinajstić information content (AvgIpc) is 2.57. The quantitative estimate of drug-likeness (QED) is 0.771. The van der Waals surface area contributed by atoms with Crippen LogP contribution in [0.4, 0.5) is 5.69 Å². The first-order valence-electron chi connectivity index (χ1n) is 8.39. The molecule has 2 rings (SSSR count). The smallest absolute Gasteiger partial charge is 0.335 e. The van der Waals surface area contributed by atoms with Crippen LogP contribution in [0.25, 0.3) is 0 Å². The number of para-hydroxylation sites is 1. The van der Waals surface area contributed by atoms with Crippen molar-refractivity contribution in [1.29, 1.82) is 0 Å². The molecule has 0 aliphatic rings. The largest absolute Gasteiger partial charge is 0.478 e. The fraction of sp³-hybridized carbons (Fsp3) is 0.300. The minimum absolute atomic E-state index is 0.0510. The van der Waals surface area contributed by atoms with Gasteiger partial charge >= 0.3 is 5.97 Å². The molecule has 0 spiro atoms. The van der Waals surface area contributed by atoms with Crippen molar-refractivity contribution in [2.24, 2.45) is 0 Å². The molecule has 0 aliphatic carbocycles. The van der Waals surface area contributed by atoms with Gasteiger partial charge in [0.1, 0.15) is 0 Å². The summed E-state index contributed by atoms with van der Waals surface area (Å²) < 4.78 is 0. The van der Waals surface area contributed by atoms with Gasteiger partial charge in [0, 0.05) is 12.2 Å². The van der Waals surface area contributed by atoms with Crippen LogP contribution in [-0.2, 0) is 11.3 Å². The number of carbonyl (C=O) groups is 2. The summed E-state index contributed by atoms with van der Waals surface area (Å²) in [7, 11) is 0. The van der Waals surface area contributed by atoms with Gasteiger partial charge in [0.15, 0.2) is 0 Å². The van der Waals surface area contributed by atoms with Gasteiger partial charge in [0.25, 0.3) is 0 Å². The monoisotopic (exact) mass is 340 g/mol. The number of nitrogens with one attached hydrogen (secondary N) is 1. The molecule has 0 radical (unpaired) electrons. The van der Waals surface area contributed by atoms with E-state index in [0.717, 1.165) is 29.8 Å². The minimum atomic E-state index is -0.936. The Hall–Kier alpha value is -2.66. The lowest BCUT2D eigenvalue weighted by molar-refractivity contribution is -0.117. The SMILES string of the molecule is CCCN(CC(=O)Nc1ccccc1C)Cc1ccc(C(=O)O)cc1. The molecule has 132 valence electrons. The predicted molar refractivity (Wildman–Crippen MR) is 98.8 cm³/mol. The number of carboxylic acid groups (broad SMARTS) is 1. The third-order valence-corrected chi connectivity index (χ3v) is 3.93. The number of carbonyl (C=O) groups excluding carboxylic acids is 1. The number of anilines is 1. The van der Waals surface area contributed by atoms with Gasteiger partial charge in [-0.2, -0.15) is 0 Å². The molecule has 0 heterocycles. The van der Waals surface area contributed by atoms with E-state index in [1.807, 2.05) is 31.2 Å². The molecule has 2 N–H and O–H groups in total. The summed E-state index contributed by atoms with van der Waals surface area (Å²) in [4.78, 5) is 25.3. The molecule has 1 amide bonds. The molecule has 0 aliphatic heterocycles. The molecule has 5 nitrogen and oxygen atoms in total. The number of hydrogen-bond donors (Lipinski definition) is 2. The zero-order valence-electron chi connectivity index (χ0n) is 14.7. The van der Waals surface area contributed by atoms with Gasteiger partial charge in [-0.1, -0.05) is 37.3 Å². The van der Waals surface area contributed by atoms with Crippen LogP contribution in [-0.4, -0.2) is 35.0 Å². The van der Waals surface area contributed by atoms with Gasteiger partial charge in [-0.3, -0.25) is 9.69 Å². The molecule has 0 saturated carbocycles. The van der Waals surface area contributed by atoms with E-state index in [9.17, 15) is 9.59 Å². The first kappa shape index (κ1) is 18.7. The fourth-order valence-electron chi connectivity index (χ4n) is 2.65. The molecule has 0 unspecified atom stereocenters. The molecule has 5 heteroatoms. The number of hydrogen-bond acceptors (Lipinski definition) is 3. The second kappa shape index (κ2) is 8.99. The topological polar surface area (TPSA) is 69.6 Å². The van der Waals surface area contributed by atoms with Gasteiger partial charge in [-0.15, -0.1) is 0 Å². The summed E-state index contributed by atoms with van der Waals surface area (Å²) in [5.41, 5.74) is 3.11. The second-order valence-electron chi connectivity index (χ2n) is 6.08. The lowest BCUT2D eigenvalue weighted by Crippen LogP contribution is -2.33. The summed E-state index contributed by atoms with van der Waals surface area (Å²) in [5.74, 6) is -0.987. The van der Waals surface area contributed by atoms with Crippen LogP contribution in [0.3, 0.4) is 0 Å². The Kier molecular flexibility index (Phi) is 6.71. The molecule has 2 aromatic carbocycles. The number of amides is 1. The van der Waals surface area contributed by atoms with Crippen molar-refractivity contribution in [3.05, 3.63) is 65.2 Å². The maximum absolute atomic E-state index is 12.4. The van der Waals surface area contributed by atoms with Crippen LogP contribution >= 0.6 is 0 Å². The van der Waals surface area contributed by atoms with Crippen molar-refractivity contribution >= 4 is 17.6 Å². The van der Waals surface area contributed by atoms with Crippen LogP contribution in [0.2, 0.25) is 0 Å². The van der Waals surface area contributed by atoms with Gasteiger partial charge in [-0.25, -0.2) is 4.79 Å². The Morgan fingerprint density at radius 3 is 2.36 bits per heavy atom. The van der Waals surface area contributed by atoms with E-state index in [1.54, 1.807) is 24.3 Å². The molecule has 0 bridgehead atoms. The lowest BCUT2D eigenvalue weighted by Gasteiger charge is -2.21. The lowest BCUT2D eigenvalue weighted by atomic mass is 10.1. The number of aryl methyl sites for hydroxylation is 1. The first-order chi connectivity index (χ1) is 12.0. The van der Waals surface area contributed by atoms with Crippen molar-refractivity contribution in [3.8, 4) is 0 Å². The van der Waals surface area contributed by atoms with E-state index in [1.165, 1.54) is 0 Å². The summed E-state index contributed by atoms with van der Waals surface area (Å²) in [6, 6.07) is 14.5. The highest BCUT2D eigenvalue weighted by Crippen LogP contribution is 2.13. The van der Waals surface area contributed by atoms with Crippen molar-refractivity contribution in [1.82, 2.24) is 4.90 Å². The zero-order chi connectivity index (χ0) is 18.2. The van der Waals surface area contributed by atoms with Crippen LogP contribution < -0.4 is 5.32 Å². The third kappa shape index (κ3) is 5.72. The van der Waals surface area contributed by atoms with Gasteiger partial charge in [-0.05, 0) is 49.2 Å². The number of benzene rings is 2. The van der Waals surface area contributed by atoms with Crippen LogP contribution in [0, 0.1) is 6.92 Å². The van der Waals surface area contributed by atoms with Gasteiger partial charge < -0.3 is 10.4 Å². The van der Waals surface area contributed by atoms with E-state index in [0.29, 0.717) is 13.1 Å². The minimum Gasteiger partial charge on any atom is -0.478 e. The number of nitrogens with zero attached hydrogens (tertiary/aromatic N) is 1. The van der Waals surface area contributed by atoms with Crippen LogP contribution in [0.1, 0.15) is 34.8 Å². The van der Waals surface area contributed by atoms with E-state index in [2.05, 4.69) is 17.1 Å².